The van der Waals surface area contributed by atoms with Crippen molar-refractivity contribution in [2.45, 2.75) is 32.6 Å². The van der Waals surface area contributed by atoms with Crippen LogP contribution in [0.3, 0.4) is 0 Å². The number of hydrogen-bond acceptors (Lipinski definition) is 6. The Kier molecular flexibility index (Phi) is 6.95. The molecule has 0 spiro atoms. The topological polar surface area (TPSA) is 98.8 Å². The van der Waals surface area contributed by atoms with E-state index in [2.05, 4.69) is 12.2 Å². The molecule has 0 radical (unpaired) electrons. The second-order valence-corrected chi connectivity index (χ2v) is 7.00. The van der Waals surface area contributed by atoms with Gasteiger partial charge in [-0.15, -0.1) is 0 Å². The zero-order valence-corrected chi connectivity index (χ0v) is 16.7. The van der Waals surface area contributed by atoms with Crippen LogP contribution in [0.1, 0.15) is 52.5 Å². The fourth-order valence-electron chi connectivity index (χ4n) is 3.06. The van der Waals surface area contributed by atoms with Crippen molar-refractivity contribution < 1.29 is 28.7 Å². The standard InChI is InChI=1S/C23H23NO6/c1-2-3-15-4-6-16(7-5-15)19(25)9-11-23(28)30-13-20(26)17-8-10-21-18(12-17)24-22(27)14-29-21/h4-8,10,12H,2-3,9,11,13-14H2,1H3,(H,24,27). The Morgan fingerprint density at radius 1 is 1.00 bits per heavy atom. The van der Waals surface area contributed by atoms with Gasteiger partial charge in [-0.1, -0.05) is 37.6 Å². The fraction of sp³-hybridized carbons (Fsp3) is 0.304. The Balaban J connectivity index is 1.46. The molecule has 2 aromatic rings. The molecule has 0 fully saturated rings. The lowest BCUT2D eigenvalue weighted by Gasteiger charge is -2.18. The molecule has 0 saturated heterocycles. The maximum Gasteiger partial charge on any atom is 0.306 e. The van der Waals surface area contributed by atoms with Gasteiger partial charge in [0.1, 0.15) is 5.75 Å². The van der Waals surface area contributed by atoms with Crippen LogP contribution in [0.25, 0.3) is 0 Å². The van der Waals surface area contributed by atoms with Gasteiger partial charge in [0.05, 0.1) is 12.1 Å². The molecule has 1 aliphatic heterocycles. The van der Waals surface area contributed by atoms with Crippen LogP contribution in [0.4, 0.5) is 5.69 Å². The first-order valence-electron chi connectivity index (χ1n) is 9.84. The first-order chi connectivity index (χ1) is 14.5. The van der Waals surface area contributed by atoms with Crippen LogP contribution in [0.2, 0.25) is 0 Å². The van der Waals surface area contributed by atoms with Gasteiger partial charge in [0, 0.05) is 17.5 Å². The summed E-state index contributed by atoms with van der Waals surface area (Å²) in [6.07, 6.45) is 1.91. The molecule has 30 heavy (non-hydrogen) atoms. The van der Waals surface area contributed by atoms with Gasteiger partial charge in [-0.05, 0) is 30.2 Å². The number of fused-ring (bicyclic) bond motifs is 1. The highest BCUT2D eigenvalue weighted by Gasteiger charge is 2.19. The average Bonchev–Trinajstić information content (AvgIpc) is 2.76. The smallest absolute Gasteiger partial charge is 0.306 e. The Bertz CT molecular complexity index is 964. The number of nitrogens with one attached hydrogen (secondary N) is 1. The van der Waals surface area contributed by atoms with E-state index < -0.39 is 18.4 Å². The number of ketones is 2. The molecule has 1 N–H and O–H groups in total. The number of carbonyl (C=O) groups excluding carboxylic acids is 4. The van der Waals surface area contributed by atoms with E-state index in [0.29, 0.717) is 17.0 Å². The van der Waals surface area contributed by atoms with E-state index in [1.807, 2.05) is 12.1 Å². The molecule has 0 aliphatic carbocycles. The third kappa shape index (κ3) is 5.53. The van der Waals surface area contributed by atoms with Gasteiger partial charge in [-0.3, -0.25) is 19.2 Å². The summed E-state index contributed by atoms with van der Waals surface area (Å²) in [4.78, 5) is 47.8. The molecular weight excluding hydrogens is 386 g/mol. The third-order valence-electron chi connectivity index (χ3n) is 4.67. The van der Waals surface area contributed by atoms with Crippen molar-refractivity contribution in [2.75, 3.05) is 18.5 Å². The molecule has 2 aromatic carbocycles. The second-order valence-electron chi connectivity index (χ2n) is 7.00. The number of hydrogen-bond donors (Lipinski definition) is 1. The van der Waals surface area contributed by atoms with Crippen LogP contribution in [-0.2, 0) is 20.7 Å². The Labute approximate surface area is 174 Å². The van der Waals surface area contributed by atoms with Crippen molar-refractivity contribution in [3.63, 3.8) is 0 Å². The van der Waals surface area contributed by atoms with Gasteiger partial charge in [0.2, 0.25) is 0 Å². The number of rotatable bonds is 9. The lowest BCUT2D eigenvalue weighted by Crippen LogP contribution is -2.25. The van der Waals surface area contributed by atoms with Crippen molar-refractivity contribution in [1.82, 2.24) is 0 Å². The second kappa shape index (κ2) is 9.82. The molecule has 1 heterocycles. The lowest BCUT2D eigenvalue weighted by atomic mass is 10.0. The molecular formula is C23H23NO6. The van der Waals surface area contributed by atoms with Crippen molar-refractivity contribution in [1.29, 1.82) is 0 Å². The highest BCUT2D eigenvalue weighted by atomic mass is 16.5. The van der Waals surface area contributed by atoms with Crippen molar-refractivity contribution >= 4 is 29.1 Å². The molecule has 156 valence electrons. The highest BCUT2D eigenvalue weighted by Crippen LogP contribution is 2.28. The van der Waals surface area contributed by atoms with E-state index in [0.717, 1.165) is 12.8 Å². The summed E-state index contributed by atoms with van der Waals surface area (Å²) in [7, 11) is 0. The van der Waals surface area contributed by atoms with Crippen molar-refractivity contribution in [3.05, 3.63) is 59.2 Å². The average molecular weight is 409 g/mol. The summed E-state index contributed by atoms with van der Waals surface area (Å²) < 4.78 is 10.2. The maximum atomic E-state index is 12.3. The number of benzene rings is 2. The summed E-state index contributed by atoms with van der Waals surface area (Å²) in [5.74, 6) is -1.00. The van der Waals surface area contributed by atoms with E-state index in [-0.39, 0.29) is 36.7 Å². The van der Waals surface area contributed by atoms with Crippen LogP contribution >= 0.6 is 0 Å². The predicted octanol–water partition coefficient (Wildman–Crippen LogP) is 3.36. The highest BCUT2D eigenvalue weighted by molar-refractivity contribution is 6.02. The van der Waals surface area contributed by atoms with Crippen molar-refractivity contribution in [3.8, 4) is 5.75 Å². The molecule has 0 unspecified atom stereocenters. The number of carbonyl (C=O) groups is 4. The summed E-state index contributed by atoms with van der Waals surface area (Å²) in [6, 6.07) is 12.0. The summed E-state index contributed by atoms with van der Waals surface area (Å²) in [6.45, 7) is 1.58. The lowest BCUT2D eigenvalue weighted by molar-refractivity contribution is -0.142. The van der Waals surface area contributed by atoms with Crippen LogP contribution in [0, 0.1) is 0 Å². The predicted molar refractivity (Wildman–Crippen MR) is 110 cm³/mol. The quantitative estimate of drug-likeness (QED) is 0.504. The first-order valence-corrected chi connectivity index (χ1v) is 9.84. The van der Waals surface area contributed by atoms with E-state index in [9.17, 15) is 19.2 Å². The molecule has 0 aromatic heterocycles. The zero-order chi connectivity index (χ0) is 21.5. The minimum atomic E-state index is -0.617. The number of anilines is 1. The Morgan fingerprint density at radius 3 is 2.47 bits per heavy atom. The van der Waals surface area contributed by atoms with E-state index in [1.54, 1.807) is 18.2 Å². The van der Waals surface area contributed by atoms with Gasteiger partial charge in [-0.2, -0.15) is 0 Å². The molecule has 0 bridgehead atoms. The Hall–Kier alpha value is -3.48. The zero-order valence-electron chi connectivity index (χ0n) is 16.7. The monoisotopic (exact) mass is 409 g/mol. The molecule has 1 amide bonds. The van der Waals surface area contributed by atoms with E-state index in [1.165, 1.54) is 17.7 Å². The SMILES string of the molecule is CCCc1ccc(C(=O)CCC(=O)OCC(=O)c2ccc3c(c2)NC(=O)CO3)cc1. The number of esters is 1. The number of Topliss-reactive ketones (excluding diaryl/α,β-unsaturated/α-hetero) is 2. The summed E-state index contributed by atoms with van der Waals surface area (Å²) >= 11 is 0. The number of ether oxygens (including phenoxy) is 2. The Morgan fingerprint density at radius 2 is 1.73 bits per heavy atom. The minimum Gasteiger partial charge on any atom is -0.482 e. The number of aryl methyl sites for hydroxylation is 1. The normalized spacial score (nSPS) is 12.4. The maximum absolute atomic E-state index is 12.3. The van der Waals surface area contributed by atoms with E-state index >= 15 is 0 Å². The van der Waals surface area contributed by atoms with Gasteiger partial charge in [0.25, 0.3) is 5.91 Å². The molecule has 0 saturated carbocycles. The van der Waals surface area contributed by atoms with Crippen LogP contribution in [-0.4, -0.2) is 36.7 Å². The molecule has 7 nitrogen and oxygen atoms in total. The van der Waals surface area contributed by atoms with Gasteiger partial charge in [0.15, 0.2) is 24.8 Å². The molecule has 3 rings (SSSR count). The van der Waals surface area contributed by atoms with E-state index in [4.69, 9.17) is 9.47 Å². The molecule has 7 heteroatoms. The van der Waals surface area contributed by atoms with Crippen LogP contribution in [0.5, 0.6) is 5.75 Å². The van der Waals surface area contributed by atoms with Gasteiger partial charge < -0.3 is 14.8 Å². The minimum absolute atomic E-state index is 0.0162. The van der Waals surface area contributed by atoms with Crippen LogP contribution in [0.15, 0.2) is 42.5 Å². The van der Waals surface area contributed by atoms with Gasteiger partial charge >= 0.3 is 5.97 Å². The largest absolute Gasteiger partial charge is 0.482 e. The van der Waals surface area contributed by atoms with Gasteiger partial charge in [-0.25, -0.2) is 0 Å². The summed E-state index contributed by atoms with van der Waals surface area (Å²) in [5.41, 5.74) is 2.41. The van der Waals surface area contributed by atoms with Crippen LogP contribution < -0.4 is 10.1 Å². The fourth-order valence-corrected chi connectivity index (χ4v) is 3.06. The molecule has 0 atom stereocenters. The molecule has 1 aliphatic rings. The third-order valence-corrected chi connectivity index (χ3v) is 4.67. The summed E-state index contributed by atoms with van der Waals surface area (Å²) in [5, 5.41) is 2.62. The number of amides is 1. The first kappa shape index (κ1) is 21.2. The van der Waals surface area contributed by atoms with Crippen molar-refractivity contribution in [2.24, 2.45) is 0 Å².